The summed E-state index contributed by atoms with van der Waals surface area (Å²) < 4.78 is 68.1. The normalized spacial score (nSPS) is 26.6. The Balaban J connectivity index is 2.04. The minimum atomic E-state index is -4.51. The molecule has 0 saturated carbocycles. The molecule has 0 radical (unpaired) electrons. The number of ether oxygens (including phenoxy) is 1. The Hall–Kier alpha value is -1.50. The number of methoxy groups -OCH3 is 1. The second kappa shape index (κ2) is 5.01. The van der Waals surface area contributed by atoms with Gasteiger partial charge in [-0.1, -0.05) is 12.1 Å². The van der Waals surface area contributed by atoms with Gasteiger partial charge in [-0.05, 0) is 42.5 Å². The van der Waals surface area contributed by atoms with Crippen molar-refractivity contribution in [2.45, 2.75) is 35.9 Å². The van der Waals surface area contributed by atoms with Gasteiger partial charge in [-0.2, -0.15) is 13.2 Å². The van der Waals surface area contributed by atoms with Crippen LogP contribution >= 0.6 is 0 Å². The van der Waals surface area contributed by atoms with Crippen LogP contribution in [-0.4, -0.2) is 26.0 Å². The lowest BCUT2D eigenvalue weighted by Crippen LogP contribution is -2.26. The molecule has 2 aliphatic heterocycles. The van der Waals surface area contributed by atoms with E-state index in [1.165, 1.54) is 13.2 Å². The standard InChI is InChI=1S/C15H15F3O3S/c1-21-14-5-2-9(8-13(14)15(16,17)18)10-6-11-3-4-12(7-10)22(11,19)20/h2,5-6,8,11-12H,3-4,7H2,1H3. The molecule has 1 aromatic rings. The van der Waals surface area contributed by atoms with E-state index in [0.717, 1.165) is 6.07 Å². The smallest absolute Gasteiger partial charge is 0.419 e. The van der Waals surface area contributed by atoms with Crippen LogP contribution in [0.15, 0.2) is 24.3 Å². The predicted octanol–water partition coefficient (Wildman–Crippen LogP) is 3.45. The third-order valence-electron chi connectivity index (χ3n) is 4.37. The van der Waals surface area contributed by atoms with Gasteiger partial charge in [-0.25, -0.2) is 8.42 Å². The summed E-state index contributed by atoms with van der Waals surface area (Å²) in [6, 6.07) is 3.88. The zero-order chi connectivity index (χ0) is 16.1. The van der Waals surface area contributed by atoms with Gasteiger partial charge in [-0.3, -0.25) is 0 Å². The van der Waals surface area contributed by atoms with Crippen molar-refractivity contribution in [1.29, 1.82) is 0 Å². The molecule has 2 unspecified atom stereocenters. The molecule has 1 saturated heterocycles. The second-order valence-electron chi connectivity index (χ2n) is 5.64. The van der Waals surface area contributed by atoms with Crippen LogP contribution < -0.4 is 4.74 Å². The summed E-state index contributed by atoms with van der Waals surface area (Å²) in [6.45, 7) is 0. The molecular formula is C15H15F3O3S. The molecule has 0 N–H and O–H groups in total. The van der Waals surface area contributed by atoms with Crippen molar-refractivity contribution in [2.75, 3.05) is 7.11 Å². The van der Waals surface area contributed by atoms with Crippen molar-refractivity contribution in [1.82, 2.24) is 0 Å². The Morgan fingerprint density at radius 2 is 1.95 bits per heavy atom. The highest BCUT2D eigenvalue weighted by molar-refractivity contribution is 7.93. The summed E-state index contributed by atoms with van der Waals surface area (Å²) in [4.78, 5) is 0. The summed E-state index contributed by atoms with van der Waals surface area (Å²) in [6.07, 6.45) is -1.49. The quantitative estimate of drug-likeness (QED) is 0.833. The molecule has 1 aromatic carbocycles. The van der Waals surface area contributed by atoms with Crippen LogP contribution in [0.1, 0.15) is 30.4 Å². The largest absolute Gasteiger partial charge is 0.496 e. The van der Waals surface area contributed by atoms with E-state index in [-0.39, 0.29) is 12.2 Å². The lowest BCUT2D eigenvalue weighted by atomic mass is 9.98. The van der Waals surface area contributed by atoms with Gasteiger partial charge in [-0.15, -0.1) is 0 Å². The van der Waals surface area contributed by atoms with Crippen molar-refractivity contribution < 1.29 is 26.3 Å². The maximum absolute atomic E-state index is 13.1. The molecule has 2 heterocycles. The number of hydrogen-bond acceptors (Lipinski definition) is 3. The summed E-state index contributed by atoms with van der Waals surface area (Å²) in [7, 11) is -1.95. The number of allylic oxidation sites excluding steroid dienone is 1. The van der Waals surface area contributed by atoms with Crippen molar-refractivity contribution in [2.24, 2.45) is 0 Å². The molecule has 2 aliphatic rings. The fourth-order valence-electron chi connectivity index (χ4n) is 3.20. The highest BCUT2D eigenvalue weighted by Gasteiger charge is 2.43. The molecule has 2 bridgehead atoms. The molecule has 120 valence electrons. The van der Waals surface area contributed by atoms with Crippen LogP contribution in [0.5, 0.6) is 5.75 Å². The zero-order valence-electron chi connectivity index (χ0n) is 11.9. The first kappa shape index (κ1) is 15.4. The Kier molecular flexibility index (Phi) is 3.51. The monoisotopic (exact) mass is 332 g/mol. The third-order valence-corrected chi connectivity index (χ3v) is 6.92. The van der Waals surface area contributed by atoms with Gasteiger partial charge in [0.2, 0.25) is 0 Å². The molecule has 7 heteroatoms. The highest BCUT2D eigenvalue weighted by atomic mass is 32.2. The van der Waals surface area contributed by atoms with E-state index in [1.54, 1.807) is 12.1 Å². The van der Waals surface area contributed by atoms with Crippen molar-refractivity contribution >= 4 is 15.4 Å². The number of alkyl halides is 3. The van der Waals surface area contributed by atoms with Gasteiger partial charge >= 0.3 is 6.18 Å². The van der Waals surface area contributed by atoms with Gasteiger partial charge in [0.1, 0.15) is 5.75 Å². The molecule has 0 aromatic heterocycles. The summed E-state index contributed by atoms with van der Waals surface area (Å²) in [5.74, 6) is -0.233. The first-order chi connectivity index (χ1) is 10.2. The Morgan fingerprint density at radius 1 is 1.23 bits per heavy atom. The third kappa shape index (κ3) is 2.41. The van der Waals surface area contributed by atoms with Gasteiger partial charge in [0, 0.05) is 0 Å². The number of halogens is 3. The molecule has 22 heavy (non-hydrogen) atoms. The van der Waals surface area contributed by atoms with E-state index in [4.69, 9.17) is 4.74 Å². The zero-order valence-corrected chi connectivity index (χ0v) is 12.7. The van der Waals surface area contributed by atoms with Crippen LogP contribution in [0.3, 0.4) is 0 Å². The Bertz CT molecular complexity index is 735. The maximum atomic E-state index is 13.1. The highest BCUT2D eigenvalue weighted by Crippen LogP contribution is 2.43. The topological polar surface area (TPSA) is 43.4 Å². The van der Waals surface area contributed by atoms with E-state index >= 15 is 0 Å². The molecular weight excluding hydrogens is 317 g/mol. The Morgan fingerprint density at radius 3 is 2.55 bits per heavy atom. The minimum Gasteiger partial charge on any atom is -0.496 e. The lowest BCUT2D eigenvalue weighted by Gasteiger charge is -2.21. The SMILES string of the molecule is COc1ccc(C2=CC3CCC(C2)S3(=O)=O)cc1C(F)(F)F. The number of hydrogen-bond donors (Lipinski definition) is 0. The first-order valence-corrected chi connectivity index (χ1v) is 8.53. The minimum absolute atomic E-state index is 0.233. The van der Waals surface area contributed by atoms with Gasteiger partial charge in [0.15, 0.2) is 9.84 Å². The van der Waals surface area contributed by atoms with E-state index in [2.05, 4.69) is 0 Å². The Labute approximate surface area is 126 Å². The maximum Gasteiger partial charge on any atom is 0.419 e. The molecule has 2 atom stereocenters. The molecule has 0 aliphatic carbocycles. The van der Waals surface area contributed by atoms with E-state index in [0.29, 0.717) is 24.0 Å². The average Bonchev–Trinajstić information content (AvgIpc) is 2.66. The molecule has 3 rings (SSSR count). The van der Waals surface area contributed by atoms with Crippen LogP contribution in [0.25, 0.3) is 5.57 Å². The fourth-order valence-corrected chi connectivity index (χ4v) is 5.39. The number of sulfone groups is 1. The molecule has 3 nitrogen and oxygen atoms in total. The van der Waals surface area contributed by atoms with Crippen molar-refractivity contribution in [3.05, 3.63) is 35.4 Å². The molecule has 1 fully saturated rings. The summed E-state index contributed by atoms with van der Waals surface area (Å²) in [5, 5.41) is -1.02. The van der Waals surface area contributed by atoms with E-state index < -0.39 is 32.1 Å². The van der Waals surface area contributed by atoms with Crippen LogP contribution in [-0.2, 0) is 16.0 Å². The van der Waals surface area contributed by atoms with Crippen molar-refractivity contribution in [3.63, 3.8) is 0 Å². The average molecular weight is 332 g/mol. The van der Waals surface area contributed by atoms with Crippen LogP contribution in [0.2, 0.25) is 0 Å². The molecule has 0 spiro atoms. The summed E-state index contributed by atoms with van der Waals surface area (Å²) in [5.41, 5.74) is 0.254. The fraction of sp³-hybridized carbons (Fsp3) is 0.467. The lowest BCUT2D eigenvalue weighted by molar-refractivity contribution is -0.138. The first-order valence-electron chi connectivity index (χ1n) is 6.92. The number of benzene rings is 1. The van der Waals surface area contributed by atoms with E-state index in [1.807, 2.05) is 0 Å². The predicted molar refractivity (Wildman–Crippen MR) is 76.3 cm³/mol. The number of fused-ring (bicyclic) bond motifs is 2. The van der Waals surface area contributed by atoms with Gasteiger partial charge < -0.3 is 4.74 Å². The van der Waals surface area contributed by atoms with Gasteiger partial charge in [0.25, 0.3) is 0 Å². The van der Waals surface area contributed by atoms with E-state index in [9.17, 15) is 21.6 Å². The van der Waals surface area contributed by atoms with Crippen LogP contribution in [0, 0.1) is 0 Å². The number of rotatable bonds is 2. The van der Waals surface area contributed by atoms with Gasteiger partial charge in [0.05, 0.1) is 23.2 Å². The summed E-state index contributed by atoms with van der Waals surface area (Å²) >= 11 is 0. The van der Waals surface area contributed by atoms with Crippen molar-refractivity contribution in [3.8, 4) is 5.75 Å². The van der Waals surface area contributed by atoms with Crippen LogP contribution in [0.4, 0.5) is 13.2 Å². The molecule has 0 amide bonds. The second-order valence-corrected chi connectivity index (χ2v) is 8.09.